The molecule has 13 heteroatoms. The van der Waals surface area contributed by atoms with Crippen LogP contribution in [-0.2, 0) is 14.6 Å². The summed E-state index contributed by atoms with van der Waals surface area (Å²) in [6.45, 7) is 2.64. The van der Waals surface area contributed by atoms with Gasteiger partial charge < -0.3 is 15.4 Å². The van der Waals surface area contributed by atoms with Gasteiger partial charge in [0.25, 0.3) is 5.69 Å². The van der Waals surface area contributed by atoms with Gasteiger partial charge in [-0.25, -0.2) is 28.2 Å². The molecule has 0 aliphatic rings. The first kappa shape index (κ1) is 24.5. The van der Waals surface area contributed by atoms with E-state index in [4.69, 9.17) is 4.74 Å². The molecule has 0 bridgehead atoms. The third-order valence-corrected chi connectivity index (χ3v) is 5.64. The number of sulfone groups is 1. The molecule has 0 unspecified atom stereocenters. The summed E-state index contributed by atoms with van der Waals surface area (Å²) in [6, 6.07) is 8.86. The number of esters is 1. The number of anilines is 2. The fourth-order valence-corrected chi connectivity index (χ4v) is 3.50. The zero-order valence-electron chi connectivity index (χ0n) is 18.4. The van der Waals surface area contributed by atoms with Crippen LogP contribution in [0.3, 0.4) is 0 Å². The van der Waals surface area contributed by atoms with Crippen LogP contribution < -0.4 is 10.6 Å². The van der Waals surface area contributed by atoms with Gasteiger partial charge in [-0.15, -0.1) is 0 Å². The standard InChI is InChI=1S/C21H22N6O6S/c1-3-33-20(28)17-13-25-21(23-11-10-22-18-9-6-15(12-24-18)27(29)30)26-19(17)14-4-7-16(8-5-14)34(2,31)32/h4-9,12-13H,3,10-11H2,1-2H3,(H,22,24)(H,23,25,26). The second kappa shape index (κ2) is 10.7. The highest BCUT2D eigenvalue weighted by molar-refractivity contribution is 7.90. The monoisotopic (exact) mass is 486 g/mol. The average molecular weight is 487 g/mol. The fraction of sp³-hybridized carbons (Fsp3) is 0.238. The molecule has 0 fully saturated rings. The van der Waals surface area contributed by atoms with Gasteiger partial charge in [0.2, 0.25) is 5.95 Å². The number of rotatable bonds is 10. The van der Waals surface area contributed by atoms with Gasteiger partial charge >= 0.3 is 5.97 Å². The highest BCUT2D eigenvalue weighted by Gasteiger charge is 2.18. The van der Waals surface area contributed by atoms with Crippen molar-refractivity contribution in [3.8, 4) is 11.3 Å². The van der Waals surface area contributed by atoms with E-state index in [1.807, 2.05) is 0 Å². The van der Waals surface area contributed by atoms with Crippen LogP contribution >= 0.6 is 0 Å². The summed E-state index contributed by atoms with van der Waals surface area (Å²) in [6.07, 6.45) is 3.62. The zero-order valence-corrected chi connectivity index (χ0v) is 19.2. The Morgan fingerprint density at radius 3 is 2.35 bits per heavy atom. The highest BCUT2D eigenvalue weighted by Crippen LogP contribution is 2.25. The predicted molar refractivity (Wildman–Crippen MR) is 124 cm³/mol. The molecule has 2 heterocycles. The summed E-state index contributed by atoms with van der Waals surface area (Å²) >= 11 is 0. The van der Waals surface area contributed by atoms with Crippen LogP contribution in [0.1, 0.15) is 17.3 Å². The Morgan fingerprint density at radius 1 is 1.06 bits per heavy atom. The SMILES string of the molecule is CCOC(=O)c1cnc(NCCNc2ccc([N+](=O)[O-])cn2)nc1-c1ccc(S(C)(=O)=O)cc1. The lowest BCUT2D eigenvalue weighted by Gasteiger charge is -2.12. The fourth-order valence-electron chi connectivity index (χ4n) is 2.87. The van der Waals surface area contributed by atoms with E-state index in [0.717, 1.165) is 12.5 Å². The number of nitrogens with zero attached hydrogens (tertiary/aromatic N) is 4. The third-order valence-electron chi connectivity index (χ3n) is 4.51. The molecule has 0 radical (unpaired) electrons. The Kier molecular flexibility index (Phi) is 7.68. The molecule has 0 amide bonds. The Labute approximate surface area is 195 Å². The van der Waals surface area contributed by atoms with Gasteiger partial charge in [-0.05, 0) is 25.1 Å². The quantitative estimate of drug-likeness (QED) is 0.187. The van der Waals surface area contributed by atoms with Crippen molar-refractivity contribution in [2.75, 3.05) is 36.6 Å². The van der Waals surface area contributed by atoms with Crippen LogP contribution in [-0.4, -0.2) is 60.2 Å². The maximum Gasteiger partial charge on any atom is 0.341 e. The minimum Gasteiger partial charge on any atom is -0.462 e. The normalized spacial score (nSPS) is 11.0. The number of carbonyl (C=O) groups is 1. The summed E-state index contributed by atoms with van der Waals surface area (Å²) in [4.78, 5) is 35.2. The van der Waals surface area contributed by atoms with Crippen molar-refractivity contribution in [1.82, 2.24) is 15.0 Å². The van der Waals surface area contributed by atoms with E-state index in [-0.39, 0.29) is 28.7 Å². The first-order valence-corrected chi connectivity index (χ1v) is 12.0. The molecule has 0 saturated carbocycles. The van der Waals surface area contributed by atoms with Crippen molar-refractivity contribution in [3.05, 3.63) is 64.5 Å². The molecule has 2 aromatic heterocycles. The molecule has 3 aromatic rings. The van der Waals surface area contributed by atoms with Crippen molar-refractivity contribution in [3.63, 3.8) is 0 Å². The number of hydrogen-bond donors (Lipinski definition) is 2. The molecule has 1 aromatic carbocycles. The Hall–Kier alpha value is -4.13. The maximum absolute atomic E-state index is 12.4. The topological polar surface area (TPSA) is 166 Å². The van der Waals surface area contributed by atoms with Gasteiger partial charge in [-0.2, -0.15) is 0 Å². The molecule has 3 rings (SSSR count). The second-order valence-electron chi connectivity index (χ2n) is 6.99. The Morgan fingerprint density at radius 2 is 1.76 bits per heavy atom. The number of aromatic nitrogens is 3. The summed E-state index contributed by atoms with van der Waals surface area (Å²) in [5.74, 6) is 0.119. The molecule has 12 nitrogen and oxygen atoms in total. The van der Waals surface area contributed by atoms with E-state index in [0.29, 0.717) is 30.2 Å². The molecular weight excluding hydrogens is 464 g/mol. The van der Waals surface area contributed by atoms with Crippen LogP contribution in [0.25, 0.3) is 11.3 Å². The van der Waals surface area contributed by atoms with Crippen molar-refractivity contribution >= 4 is 33.3 Å². The van der Waals surface area contributed by atoms with E-state index in [1.54, 1.807) is 19.1 Å². The number of carbonyl (C=O) groups excluding carboxylic acids is 1. The van der Waals surface area contributed by atoms with E-state index in [1.165, 1.54) is 30.5 Å². The number of ether oxygens (including phenoxy) is 1. The van der Waals surface area contributed by atoms with Gasteiger partial charge in [0, 0.05) is 37.2 Å². The molecule has 0 spiro atoms. The zero-order chi connectivity index (χ0) is 24.7. The number of nitrogens with one attached hydrogen (secondary N) is 2. The molecule has 34 heavy (non-hydrogen) atoms. The summed E-state index contributed by atoms with van der Waals surface area (Å²) < 4.78 is 28.6. The van der Waals surface area contributed by atoms with Crippen molar-refractivity contribution in [2.24, 2.45) is 0 Å². The van der Waals surface area contributed by atoms with Crippen molar-refractivity contribution in [2.45, 2.75) is 11.8 Å². The van der Waals surface area contributed by atoms with Gasteiger partial charge in [0.15, 0.2) is 9.84 Å². The number of pyridine rings is 1. The van der Waals surface area contributed by atoms with Crippen LogP contribution in [0, 0.1) is 10.1 Å². The number of hydrogen-bond acceptors (Lipinski definition) is 11. The van der Waals surface area contributed by atoms with Crippen LogP contribution in [0.2, 0.25) is 0 Å². The number of benzene rings is 1. The first-order chi connectivity index (χ1) is 16.2. The van der Waals surface area contributed by atoms with Crippen molar-refractivity contribution < 1.29 is 22.9 Å². The highest BCUT2D eigenvalue weighted by atomic mass is 32.2. The molecule has 0 aliphatic heterocycles. The molecule has 178 valence electrons. The largest absolute Gasteiger partial charge is 0.462 e. The molecule has 0 atom stereocenters. The molecular formula is C21H22N6O6S. The second-order valence-corrected chi connectivity index (χ2v) is 9.00. The molecule has 0 aliphatic carbocycles. The lowest BCUT2D eigenvalue weighted by Crippen LogP contribution is -2.17. The van der Waals surface area contributed by atoms with Crippen LogP contribution in [0.15, 0.2) is 53.7 Å². The van der Waals surface area contributed by atoms with Gasteiger partial charge in [0.1, 0.15) is 17.6 Å². The smallest absolute Gasteiger partial charge is 0.341 e. The van der Waals surface area contributed by atoms with Gasteiger partial charge in [0.05, 0.1) is 22.1 Å². The van der Waals surface area contributed by atoms with Gasteiger partial charge in [-0.3, -0.25) is 10.1 Å². The maximum atomic E-state index is 12.4. The summed E-state index contributed by atoms with van der Waals surface area (Å²) in [5, 5.41) is 16.7. The van der Waals surface area contributed by atoms with Crippen molar-refractivity contribution in [1.29, 1.82) is 0 Å². The van der Waals surface area contributed by atoms with E-state index < -0.39 is 20.7 Å². The summed E-state index contributed by atoms with van der Waals surface area (Å²) in [7, 11) is -3.37. The third kappa shape index (κ3) is 6.22. The minimum atomic E-state index is -3.37. The average Bonchev–Trinajstić information content (AvgIpc) is 2.81. The lowest BCUT2D eigenvalue weighted by atomic mass is 10.1. The van der Waals surface area contributed by atoms with Crippen LogP contribution in [0.4, 0.5) is 17.5 Å². The number of nitro groups is 1. The lowest BCUT2D eigenvalue weighted by molar-refractivity contribution is -0.385. The van der Waals surface area contributed by atoms with E-state index in [2.05, 4.69) is 25.6 Å². The predicted octanol–water partition coefficient (Wildman–Crippen LogP) is 2.55. The first-order valence-electron chi connectivity index (χ1n) is 10.1. The van der Waals surface area contributed by atoms with Crippen LogP contribution in [0.5, 0.6) is 0 Å². The minimum absolute atomic E-state index is 0.101. The Balaban J connectivity index is 1.74. The Bertz CT molecular complexity index is 1280. The molecule has 2 N–H and O–H groups in total. The van der Waals surface area contributed by atoms with E-state index >= 15 is 0 Å². The summed E-state index contributed by atoms with van der Waals surface area (Å²) in [5.41, 5.74) is 0.860. The molecule has 0 saturated heterocycles. The van der Waals surface area contributed by atoms with E-state index in [9.17, 15) is 23.3 Å². The van der Waals surface area contributed by atoms with Gasteiger partial charge in [-0.1, -0.05) is 12.1 Å².